The molecule has 1 saturated heterocycles. The van der Waals surface area contributed by atoms with Gasteiger partial charge in [0.2, 0.25) is 0 Å². The minimum absolute atomic E-state index is 0.273. The van der Waals surface area contributed by atoms with Crippen LogP contribution < -0.4 is 0 Å². The van der Waals surface area contributed by atoms with Crippen molar-refractivity contribution in [3.8, 4) is 0 Å². The maximum absolute atomic E-state index is 2.73. The maximum Gasteiger partial charge on any atom is 0.0184 e. The van der Waals surface area contributed by atoms with Crippen LogP contribution in [0, 0.1) is 12.8 Å². The molecule has 1 fully saturated rings. The van der Waals surface area contributed by atoms with Gasteiger partial charge in [0, 0.05) is 12.1 Å². The quantitative estimate of drug-likeness (QED) is 0.725. The van der Waals surface area contributed by atoms with Gasteiger partial charge >= 0.3 is 0 Å². The zero-order valence-corrected chi connectivity index (χ0v) is 15.5. The van der Waals surface area contributed by atoms with E-state index in [1.807, 2.05) is 0 Å². The van der Waals surface area contributed by atoms with E-state index in [-0.39, 0.29) is 5.54 Å². The molecule has 0 bridgehead atoms. The van der Waals surface area contributed by atoms with Crippen molar-refractivity contribution in [3.63, 3.8) is 0 Å². The highest BCUT2D eigenvalue weighted by Gasteiger charge is 2.38. The topological polar surface area (TPSA) is 3.24 Å². The van der Waals surface area contributed by atoms with E-state index < -0.39 is 0 Å². The Morgan fingerprint density at radius 3 is 2.46 bits per heavy atom. The summed E-state index contributed by atoms with van der Waals surface area (Å²) in [4.78, 5) is 2.73. The van der Waals surface area contributed by atoms with Gasteiger partial charge in [0.1, 0.15) is 0 Å². The first-order valence-electron chi connectivity index (χ1n) is 9.41. The lowest BCUT2D eigenvalue weighted by atomic mass is 9.75. The molecular formula is C23H31N. The molecule has 3 rings (SSSR count). The van der Waals surface area contributed by atoms with Crippen LogP contribution in [0.2, 0.25) is 0 Å². The average Bonchev–Trinajstić information content (AvgIpc) is 2.58. The molecule has 1 heterocycles. The maximum atomic E-state index is 2.73. The predicted molar refractivity (Wildman–Crippen MR) is 103 cm³/mol. The van der Waals surface area contributed by atoms with Crippen LogP contribution >= 0.6 is 0 Å². The predicted octanol–water partition coefficient (Wildman–Crippen LogP) is 5.27. The van der Waals surface area contributed by atoms with Crippen LogP contribution in [0.25, 0.3) is 0 Å². The van der Waals surface area contributed by atoms with E-state index in [0.29, 0.717) is 0 Å². The van der Waals surface area contributed by atoms with Crippen molar-refractivity contribution in [2.24, 2.45) is 5.92 Å². The van der Waals surface area contributed by atoms with Gasteiger partial charge < -0.3 is 0 Å². The summed E-state index contributed by atoms with van der Waals surface area (Å²) in [6.07, 6.45) is 5.04. The number of likely N-dealkylation sites (tertiary alicyclic amines) is 1. The van der Waals surface area contributed by atoms with Crippen LogP contribution in [0.4, 0.5) is 0 Å². The normalized spacial score (nSPS) is 20.9. The number of rotatable bonds is 5. The molecule has 2 aromatic carbocycles. The molecule has 0 spiro atoms. The standard InChI is InChI=1S/C23H31N/c1-19-10-7-8-13-21(19)18-22-14-9-16-24(23(22,2)3)17-15-20-11-5-4-6-12-20/h4-8,10-13,22H,9,14-18H2,1-3H3. The number of hydrogen-bond donors (Lipinski definition) is 0. The number of nitrogens with zero attached hydrogens (tertiary/aromatic N) is 1. The van der Waals surface area contributed by atoms with Gasteiger partial charge in [0.15, 0.2) is 0 Å². The fraction of sp³-hybridized carbons (Fsp3) is 0.478. The van der Waals surface area contributed by atoms with E-state index in [9.17, 15) is 0 Å². The summed E-state index contributed by atoms with van der Waals surface area (Å²) >= 11 is 0. The number of aryl methyl sites for hydroxylation is 1. The molecule has 1 nitrogen and oxygen atoms in total. The Hall–Kier alpha value is -1.60. The fourth-order valence-corrected chi connectivity index (χ4v) is 4.19. The second-order valence-corrected chi connectivity index (χ2v) is 7.85. The zero-order chi connectivity index (χ0) is 17.0. The Labute approximate surface area is 147 Å². The minimum atomic E-state index is 0.273. The van der Waals surface area contributed by atoms with Crippen molar-refractivity contribution < 1.29 is 0 Å². The molecular weight excluding hydrogens is 290 g/mol. The minimum Gasteiger partial charge on any atom is -0.298 e. The zero-order valence-electron chi connectivity index (χ0n) is 15.5. The molecule has 1 aliphatic rings. The Bertz CT molecular complexity index is 644. The molecule has 0 N–H and O–H groups in total. The summed E-state index contributed by atoms with van der Waals surface area (Å²) in [7, 11) is 0. The van der Waals surface area contributed by atoms with Crippen LogP contribution in [-0.2, 0) is 12.8 Å². The Kier molecular flexibility index (Phi) is 5.40. The fourth-order valence-electron chi connectivity index (χ4n) is 4.19. The van der Waals surface area contributed by atoms with Crippen LogP contribution in [0.3, 0.4) is 0 Å². The molecule has 128 valence electrons. The molecule has 1 atom stereocenters. The van der Waals surface area contributed by atoms with Crippen molar-refractivity contribution in [1.29, 1.82) is 0 Å². The molecule has 0 aromatic heterocycles. The molecule has 0 saturated carbocycles. The average molecular weight is 322 g/mol. The van der Waals surface area contributed by atoms with E-state index in [1.165, 1.54) is 49.0 Å². The largest absolute Gasteiger partial charge is 0.298 e. The van der Waals surface area contributed by atoms with Crippen molar-refractivity contribution in [1.82, 2.24) is 4.90 Å². The SMILES string of the molecule is Cc1ccccc1CC1CCCN(CCc2ccccc2)C1(C)C. The van der Waals surface area contributed by atoms with Gasteiger partial charge in [-0.25, -0.2) is 0 Å². The van der Waals surface area contributed by atoms with Crippen LogP contribution in [0.15, 0.2) is 54.6 Å². The first-order valence-corrected chi connectivity index (χ1v) is 9.41. The monoisotopic (exact) mass is 321 g/mol. The number of piperidine rings is 1. The highest BCUT2D eigenvalue weighted by atomic mass is 15.2. The van der Waals surface area contributed by atoms with Crippen LogP contribution in [0.1, 0.15) is 43.4 Å². The molecule has 24 heavy (non-hydrogen) atoms. The first kappa shape index (κ1) is 17.2. The van der Waals surface area contributed by atoms with E-state index in [1.54, 1.807) is 0 Å². The number of hydrogen-bond acceptors (Lipinski definition) is 1. The van der Waals surface area contributed by atoms with Gasteiger partial charge in [-0.2, -0.15) is 0 Å². The Morgan fingerprint density at radius 1 is 1.00 bits per heavy atom. The summed E-state index contributed by atoms with van der Waals surface area (Å²) in [5.41, 5.74) is 4.69. The molecule has 1 unspecified atom stereocenters. The Balaban J connectivity index is 1.67. The van der Waals surface area contributed by atoms with Crippen molar-refractivity contribution >= 4 is 0 Å². The summed E-state index contributed by atoms with van der Waals surface area (Å²) in [5.74, 6) is 0.739. The van der Waals surface area contributed by atoms with Crippen molar-refractivity contribution in [2.75, 3.05) is 13.1 Å². The summed E-state index contributed by atoms with van der Waals surface area (Å²) in [6.45, 7) is 9.57. The number of benzene rings is 2. The first-order chi connectivity index (χ1) is 11.6. The lowest BCUT2D eigenvalue weighted by Crippen LogP contribution is -2.54. The van der Waals surface area contributed by atoms with Gasteiger partial charge in [-0.15, -0.1) is 0 Å². The molecule has 0 aliphatic carbocycles. The van der Waals surface area contributed by atoms with E-state index in [0.717, 1.165) is 12.3 Å². The lowest BCUT2D eigenvalue weighted by molar-refractivity contribution is 0.0229. The molecule has 2 aromatic rings. The molecule has 1 heteroatoms. The summed E-state index contributed by atoms with van der Waals surface area (Å²) < 4.78 is 0. The third-order valence-electron chi connectivity index (χ3n) is 6.04. The van der Waals surface area contributed by atoms with E-state index in [4.69, 9.17) is 0 Å². The van der Waals surface area contributed by atoms with E-state index in [2.05, 4.69) is 80.3 Å². The highest BCUT2D eigenvalue weighted by molar-refractivity contribution is 5.26. The highest BCUT2D eigenvalue weighted by Crippen LogP contribution is 2.36. The smallest absolute Gasteiger partial charge is 0.0184 e. The molecule has 0 radical (unpaired) electrons. The lowest BCUT2D eigenvalue weighted by Gasteiger charge is -2.48. The van der Waals surface area contributed by atoms with Crippen molar-refractivity contribution in [3.05, 3.63) is 71.3 Å². The summed E-state index contributed by atoms with van der Waals surface area (Å²) in [5, 5.41) is 0. The van der Waals surface area contributed by atoms with Gasteiger partial charge in [0.25, 0.3) is 0 Å². The van der Waals surface area contributed by atoms with Gasteiger partial charge in [-0.05, 0) is 75.6 Å². The molecule has 0 amide bonds. The van der Waals surface area contributed by atoms with Gasteiger partial charge in [0.05, 0.1) is 0 Å². The van der Waals surface area contributed by atoms with E-state index >= 15 is 0 Å². The third kappa shape index (κ3) is 3.89. The molecule has 1 aliphatic heterocycles. The second kappa shape index (κ2) is 7.53. The third-order valence-corrected chi connectivity index (χ3v) is 6.04. The summed E-state index contributed by atoms with van der Waals surface area (Å²) in [6, 6.07) is 19.8. The Morgan fingerprint density at radius 2 is 1.71 bits per heavy atom. The van der Waals surface area contributed by atoms with Crippen molar-refractivity contribution in [2.45, 2.75) is 52.0 Å². The van der Waals surface area contributed by atoms with Gasteiger partial charge in [-0.3, -0.25) is 4.90 Å². The van der Waals surface area contributed by atoms with Crippen LogP contribution in [-0.4, -0.2) is 23.5 Å². The second-order valence-electron chi connectivity index (χ2n) is 7.85. The van der Waals surface area contributed by atoms with Crippen LogP contribution in [0.5, 0.6) is 0 Å². The van der Waals surface area contributed by atoms with Gasteiger partial charge in [-0.1, -0.05) is 54.6 Å².